The van der Waals surface area contributed by atoms with Crippen LogP contribution in [0.4, 0.5) is 0 Å². The molecule has 4 atom stereocenters. The van der Waals surface area contributed by atoms with E-state index in [2.05, 4.69) is 29.3 Å². The maximum absolute atomic E-state index is 13.3. The molecule has 3 aliphatic heterocycles. The van der Waals surface area contributed by atoms with Crippen molar-refractivity contribution in [2.45, 2.75) is 25.3 Å². The number of rotatable bonds is 0. The Kier molecular flexibility index (Phi) is 2.42. The predicted molar refractivity (Wildman–Crippen MR) is 98.0 cm³/mol. The lowest BCUT2D eigenvalue weighted by atomic mass is 9.57. The Hall–Kier alpha value is -2.69. The number of hydrogen-bond acceptors (Lipinski definition) is 4. The molecule has 128 valence electrons. The smallest absolute Gasteiger partial charge is 0.281 e. The molecule has 5 nitrogen and oxygen atoms in total. The lowest BCUT2D eigenvalue weighted by molar-refractivity contribution is -0.453. The topological polar surface area (TPSA) is 61.9 Å². The minimum Gasteiger partial charge on any atom is -0.295 e. The van der Waals surface area contributed by atoms with Crippen molar-refractivity contribution in [3.05, 3.63) is 63.9 Å². The number of hydrogen-bond donors (Lipinski definition) is 0. The maximum atomic E-state index is 13.3. The highest BCUT2D eigenvalue weighted by molar-refractivity contribution is 6.13. The summed E-state index contributed by atoms with van der Waals surface area (Å²) >= 11 is 0. The fraction of sp³-hybridized carbons (Fsp3) is 0.381. The molecule has 0 radical (unpaired) electrons. The van der Waals surface area contributed by atoms with E-state index in [-0.39, 0.29) is 17.6 Å². The third kappa shape index (κ3) is 1.33. The van der Waals surface area contributed by atoms with Gasteiger partial charge in [0.1, 0.15) is 0 Å². The highest BCUT2D eigenvalue weighted by atomic mass is 16.3. The van der Waals surface area contributed by atoms with E-state index < -0.39 is 11.0 Å². The molecule has 6 rings (SSSR count). The number of fused-ring (bicyclic) bond motifs is 2. The van der Waals surface area contributed by atoms with Gasteiger partial charge in [-0.25, -0.2) is 0 Å². The molecular weight excluding hydrogens is 326 g/mol. The Labute approximate surface area is 150 Å². The average molecular weight is 344 g/mol. The first-order valence-corrected chi connectivity index (χ1v) is 9.23. The first-order chi connectivity index (χ1) is 12.6. The molecule has 0 bridgehead atoms. The van der Waals surface area contributed by atoms with Gasteiger partial charge in [-0.15, -0.1) is 0 Å². The summed E-state index contributed by atoms with van der Waals surface area (Å²) in [6, 6.07) is 0. The highest BCUT2D eigenvalue weighted by Crippen LogP contribution is 2.62. The van der Waals surface area contributed by atoms with Crippen molar-refractivity contribution in [1.82, 2.24) is 0 Å². The molecule has 0 amide bonds. The summed E-state index contributed by atoms with van der Waals surface area (Å²) in [5, 5.41) is 0. The van der Waals surface area contributed by atoms with Crippen molar-refractivity contribution in [2.75, 3.05) is 6.54 Å². The molecule has 0 aromatic heterocycles. The van der Waals surface area contributed by atoms with Crippen molar-refractivity contribution in [2.24, 2.45) is 27.2 Å². The zero-order valence-corrected chi connectivity index (χ0v) is 14.5. The molecule has 0 saturated heterocycles. The second kappa shape index (κ2) is 4.34. The van der Waals surface area contributed by atoms with Gasteiger partial charge in [0.2, 0.25) is 5.70 Å². The van der Waals surface area contributed by atoms with Crippen LogP contribution >= 0.6 is 0 Å². The van der Waals surface area contributed by atoms with Gasteiger partial charge in [0.25, 0.3) is 5.70 Å². The maximum Gasteiger partial charge on any atom is 0.281 e. The molecule has 0 aromatic rings. The van der Waals surface area contributed by atoms with E-state index in [1.165, 1.54) is 0 Å². The zero-order chi connectivity index (χ0) is 17.7. The quantitative estimate of drug-likeness (QED) is 0.634. The standard InChI is InChI=1S/C21H18N3O2/c1-12-17(25)7-6-15-18(12)20-9-8-14-13-4-2-3-5-16(13)24(26)19(14)21(20,23-15)11-22-10-20/h2,4,6-9,11-12,18H,3,5,10H2,1H3/q+1. The molecule has 6 aliphatic rings. The molecule has 4 unspecified atom stereocenters. The Balaban J connectivity index is 1.61. The Morgan fingerprint density at radius 2 is 2.08 bits per heavy atom. The summed E-state index contributed by atoms with van der Waals surface area (Å²) in [5.74, 6) is -0.0579. The normalized spacial score (nSPS) is 41.3. The van der Waals surface area contributed by atoms with Gasteiger partial charge in [0.05, 0.1) is 27.9 Å². The van der Waals surface area contributed by atoms with E-state index in [1.54, 1.807) is 6.08 Å². The second-order valence-corrected chi connectivity index (χ2v) is 8.01. The van der Waals surface area contributed by atoms with Gasteiger partial charge in [-0.2, -0.15) is 0 Å². The van der Waals surface area contributed by atoms with Crippen LogP contribution in [0.25, 0.3) is 0 Å². The van der Waals surface area contributed by atoms with Gasteiger partial charge in [-0.1, -0.05) is 31.2 Å². The highest BCUT2D eigenvalue weighted by Gasteiger charge is 2.72. The number of aliphatic imine (C=N–C) groups is 2. The summed E-state index contributed by atoms with van der Waals surface area (Å²) in [6.45, 7) is 2.54. The summed E-state index contributed by atoms with van der Waals surface area (Å²) in [6.07, 6.45) is 15.5. The minimum absolute atomic E-state index is 0.0330. The largest absolute Gasteiger partial charge is 0.295 e. The number of nitroso groups, excluding NO2 is 1. The Morgan fingerprint density at radius 1 is 1.19 bits per heavy atom. The Morgan fingerprint density at radius 3 is 2.96 bits per heavy atom. The van der Waals surface area contributed by atoms with Crippen molar-refractivity contribution < 1.29 is 9.55 Å². The van der Waals surface area contributed by atoms with E-state index in [0.717, 1.165) is 40.2 Å². The van der Waals surface area contributed by atoms with Crippen LogP contribution in [0.5, 0.6) is 0 Å². The molecule has 26 heavy (non-hydrogen) atoms. The van der Waals surface area contributed by atoms with Crippen LogP contribution in [0, 0.1) is 22.2 Å². The molecule has 0 N–H and O–H groups in total. The number of nitrogens with zero attached hydrogens (tertiary/aromatic N) is 3. The van der Waals surface area contributed by atoms with Gasteiger partial charge >= 0.3 is 0 Å². The van der Waals surface area contributed by atoms with Gasteiger partial charge < -0.3 is 0 Å². The minimum atomic E-state index is -0.784. The first kappa shape index (κ1) is 14.5. The van der Waals surface area contributed by atoms with Crippen molar-refractivity contribution in [3.8, 4) is 0 Å². The lowest BCUT2D eigenvalue weighted by Gasteiger charge is -2.41. The number of allylic oxidation sites excluding steroid dienone is 8. The SMILES string of the molecule is CC1C(=O)C=CC2=NC34C=NCC3(C=CC3=C4[N+](=O)C4=C3C=CCC4)C21. The molecule has 0 aromatic carbocycles. The van der Waals surface area contributed by atoms with Crippen molar-refractivity contribution in [1.29, 1.82) is 0 Å². The van der Waals surface area contributed by atoms with Crippen molar-refractivity contribution in [3.63, 3.8) is 0 Å². The lowest BCUT2D eigenvalue weighted by Crippen LogP contribution is -2.53. The third-order valence-corrected chi connectivity index (χ3v) is 6.93. The monoisotopic (exact) mass is 344 g/mol. The van der Waals surface area contributed by atoms with E-state index in [9.17, 15) is 9.70 Å². The van der Waals surface area contributed by atoms with Crippen LogP contribution in [0.3, 0.4) is 0 Å². The van der Waals surface area contributed by atoms with E-state index in [0.29, 0.717) is 12.2 Å². The van der Waals surface area contributed by atoms with Crippen LogP contribution in [0.15, 0.2) is 69.0 Å². The first-order valence-electron chi connectivity index (χ1n) is 9.23. The van der Waals surface area contributed by atoms with Crippen LogP contribution in [0.2, 0.25) is 0 Å². The van der Waals surface area contributed by atoms with E-state index >= 15 is 0 Å². The Bertz CT molecular complexity index is 1040. The van der Waals surface area contributed by atoms with Gasteiger partial charge in [-0.05, 0) is 18.6 Å². The van der Waals surface area contributed by atoms with E-state index in [4.69, 9.17) is 4.99 Å². The molecule has 5 heteroatoms. The zero-order valence-electron chi connectivity index (χ0n) is 14.5. The summed E-state index contributed by atoms with van der Waals surface area (Å²) < 4.78 is 1.11. The summed E-state index contributed by atoms with van der Waals surface area (Å²) in [4.78, 5) is 35.4. The van der Waals surface area contributed by atoms with Crippen LogP contribution in [0.1, 0.15) is 19.8 Å². The second-order valence-electron chi connectivity index (χ2n) is 8.01. The fourth-order valence-electron chi connectivity index (χ4n) is 5.76. The number of ketones is 1. The van der Waals surface area contributed by atoms with Crippen LogP contribution in [-0.2, 0) is 4.79 Å². The molecule has 0 spiro atoms. The molecule has 3 aliphatic carbocycles. The van der Waals surface area contributed by atoms with Crippen LogP contribution in [-0.4, -0.2) is 34.6 Å². The molecule has 3 heterocycles. The number of carbonyl (C=O) groups is 1. The molecule has 0 saturated carbocycles. The van der Waals surface area contributed by atoms with E-state index in [1.807, 2.05) is 19.2 Å². The molecular formula is C21H18N3O2+. The predicted octanol–water partition coefficient (Wildman–Crippen LogP) is 2.86. The van der Waals surface area contributed by atoms with Gasteiger partial charge in [0, 0.05) is 35.1 Å². The van der Waals surface area contributed by atoms with Crippen LogP contribution < -0.4 is 0 Å². The van der Waals surface area contributed by atoms with Crippen molar-refractivity contribution >= 4 is 17.7 Å². The molecule has 0 fully saturated rings. The fourth-order valence-corrected chi connectivity index (χ4v) is 5.76. The summed E-state index contributed by atoms with van der Waals surface area (Å²) in [5.41, 5.74) is 3.23. The van der Waals surface area contributed by atoms with Gasteiger partial charge in [0.15, 0.2) is 11.3 Å². The number of carbonyl (C=O) groups excluding carboxylic acids is 1. The summed E-state index contributed by atoms with van der Waals surface area (Å²) in [7, 11) is 0. The average Bonchev–Trinajstić information content (AvgIpc) is 3.24. The third-order valence-electron chi connectivity index (χ3n) is 6.93. The van der Waals surface area contributed by atoms with Gasteiger partial charge in [-0.3, -0.25) is 14.8 Å².